The van der Waals surface area contributed by atoms with E-state index in [0.717, 1.165) is 48.4 Å². The minimum Gasteiger partial charge on any atom is -0.497 e. The number of aromatic nitrogens is 4. The van der Waals surface area contributed by atoms with Gasteiger partial charge in [0.2, 0.25) is 5.95 Å². The Hall–Kier alpha value is -3.65. The fourth-order valence-electron chi connectivity index (χ4n) is 4.32. The summed E-state index contributed by atoms with van der Waals surface area (Å²) in [7, 11) is 1.67. The quantitative estimate of drug-likeness (QED) is 0.430. The minimum absolute atomic E-state index is 0.0442. The Morgan fingerprint density at radius 3 is 2.67 bits per heavy atom. The van der Waals surface area contributed by atoms with E-state index in [0.29, 0.717) is 18.3 Å². The normalized spacial score (nSPS) is 15.8. The first-order valence-corrected chi connectivity index (χ1v) is 11.3. The molecule has 1 atom stereocenters. The number of rotatable bonds is 8. The average molecular weight is 445 g/mol. The molecule has 8 heteroatoms. The largest absolute Gasteiger partial charge is 0.497 e. The summed E-state index contributed by atoms with van der Waals surface area (Å²) in [4.78, 5) is 16.5. The highest BCUT2D eigenvalue weighted by Gasteiger charge is 2.27. The summed E-state index contributed by atoms with van der Waals surface area (Å²) in [6.07, 6.45) is 4.59. The molecule has 5 rings (SSSR count). The predicted molar refractivity (Wildman–Crippen MR) is 129 cm³/mol. The number of fused-ring (bicyclic) bond motifs is 1. The third kappa shape index (κ3) is 4.34. The van der Waals surface area contributed by atoms with Crippen LogP contribution in [0, 0.1) is 0 Å². The van der Waals surface area contributed by atoms with Crippen LogP contribution in [0.15, 0.2) is 60.9 Å². The molecule has 0 bridgehead atoms. The number of aliphatic hydroxyl groups excluding tert-OH is 1. The third-order valence-corrected chi connectivity index (χ3v) is 6.13. The van der Waals surface area contributed by atoms with Crippen molar-refractivity contribution in [3.05, 3.63) is 66.5 Å². The van der Waals surface area contributed by atoms with Crippen molar-refractivity contribution in [3.63, 3.8) is 0 Å². The molecule has 1 saturated heterocycles. The highest BCUT2D eigenvalue weighted by molar-refractivity contribution is 5.85. The fourth-order valence-corrected chi connectivity index (χ4v) is 4.32. The Kier molecular flexibility index (Phi) is 6.08. The summed E-state index contributed by atoms with van der Waals surface area (Å²) < 4.78 is 7.23. The number of ether oxygens (including phenoxy) is 1. The van der Waals surface area contributed by atoms with E-state index < -0.39 is 0 Å². The number of methoxy groups -OCH3 is 1. The lowest BCUT2D eigenvalue weighted by atomic mass is 10.1. The van der Waals surface area contributed by atoms with Gasteiger partial charge in [0, 0.05) is 18.8 Å². The highest BCUT2D eigenvalue weighted by atomic mass is 16.5. The van der Waals surface area contributed by atoms with Gasteiger partial charge < -0.3 is 20.1 Å². The molecule has 3 heterocycles. The number of aliphatic hydroxyl groups is 1. The Bertz CT molecular complexity index is 1210. The maximum absolute atomic E-state index is 9.84. The molecular formula is C25H28N6O2. The van der Waals surface area contributed by atoms with Crippen LogP contribution < -0.4 is 15.0 Å². The number of hydrogen-bond acceptors (Lipinski definition) is 7. The molecule has 33 heavy (non-hydrogen) atoms. The standard InChI is InChI=1S/C25H28N6O2/c1-33-21-11-9-18(10-12-21)13-14-26-23-22-24(31(17-27-22)19-6-3-2-4-7-19)29-25(28-23)30-15-5-8-20(30)16-32/h2-4,6-7,9-12,17,20,32H,5,8,13-16H2,1H3,(H,26,28,29). The van der Waals surface area contributed by atoms with Crippen molar-refractivity contribution >= 4 is 22.9 Å². The molecule has 2 aromatic heterocycles. The molecule has 4 aromatic rings. The second-order valence-electron chi connectivity index (χ2n) is 8.19. The maximum atomic E-state index is 9.84. The topological polar surface area (TPSA) is 88.3 Å². The molecule has 0 radical (unpaired) electrons. The van der Waals surface area contributed by atoms with E-state index in [-0.39, 0.29) is 12.6 Å². The summed E-state index contributed by atoms with van der Waals surface area (Å²) in [6.45, 7) is 1.64. The molecule has 1 aliphatic heterocycles. The molecule has 2 aromatic carbocycles. The monoisotopic (exact) mass is 444 g/mol. The Balaban J connectivity index is 1.47. The Morgan fingerprint density at radius 2 is 1.91 bits per heavy atom. The van der Waals surface area contributed by atoms with E-state index in [1.807, 2.05) is 47.0 Å². The zero-order valence-electron chi connectivity index (χ0n) is 18.7. The van der Waals surface area contributed by atoms with Crippen LogP contribution in [0.2, 0.25) is 0 Å². The molecular weight excluding hydrogens is 416 g/mol. The Morgan fingerprint density at radius 1 is 1.09 bits per heavy atom. The van der Waals surface area contributed by atoms with Crippen molar-refractivity contribution in [2.24, 2.45) is 0 Å². The number of benzene rings is 2. The average Bonchev–Trinajstić information content (AvgIpc) is 3.52. The van der Waals surface area contributed by atoms with E-state index in [1.165, 1.54) is 5.56 Å². The third-order valence-electron chi connectivity index (χ3n) is 6.13. The van der Waals surface area contributed by atoms with Crippen LogP contribution in [0.5, 0.6) is 5.75 Å². The van der Waals surface area contributed by atoms with Gasteiger partial charge in [-0.3, -0.25) is 4.57 Å². The van der Waals surface area contributed by atoms with Gasteiger partial charge in [0.1, 0.15) is 12.1 Å². The lowest BCUT2D eigenvalue weighted by Gasteiger charge is -2.23. The summed E-state index contributed by atoms with van der Waals surface area (Å²) in [5.41, 5.74) is 3.69. The number of imidazole rings is 1. The van der Waals surface area contributed by atoms with Gasteiger partial charge in [-0.2, -0.15) is 9.97 Å². The van der Waals surface area contributed by atoms with E-state index >= 15 is 0 Å². The molecule has 0 aliphatic carbocycles. The first kappa shape index (κ1) is 21.2. The molecule has 0 spiro atoms. The first-order chi connectivity index (χ1) is 16.3. The lowest BCUT2D eigenvalue weighted by Crippen LogP contribution is -2.33. The van der Waals surface area contributed by atoms with Gasteiger partial charge >= 0.3 is 0 Å². The van der Waals surface area contributed by atoms with Gasteiger partial charge in [-0.1, -0.05) is 30.3 Å². The number of hydrogen-bond donors (Lipinski definition) is 2. The summed E-state index contributed by atoms with van der Waals surface area (Å²) in [5.74, 6) is 2.19. The molecule has 170 valence electrons. The molecule has 2 N–H and O–H groups in total. The van der Waals surface area contributed by atoms with Crippen LogP contribution in [0.25, 0.3) is 16.9 Å². The lowest BCUT2D eigenvalue weighted by molar-refractivity contribution is 0.265. The highest BCUT2D eigenvalue weighted by Crippen LogP contribution is 2.28. The Labute approximate surface area is 192 Å². The van der Waals surface area contributed by atoms with Crippen LogP contribution in [-0.2, 0) is 6.42 Å². The van der Waals surface area contributed by atoms with Gasteiger partial charge in [-0.05, 0) is 49.1 Å². The van der Waals surface area contributed by atoms with Crippen LogP contribution in [0.1, 0.15) is 18.4 Å². The van der Waals surface area contributed by atoms with Crippen molar-refractivity contribution in [2.75, 3.05) is 37.0 Å². The first-order valence-electron chi connectivity index (χ1n) is 11.3. The number of nitrogens with one attached hydrogen (secondary N) is 1. The second-order valence-corrected chi connectivity index (χ2v) is 8.19. The van der Waals surface area contributed by atoms with Gasteiger partial charge in [-0.25, -0.2) is 4.98 Å². The van der Waals surface area contributed by atoms with Gasteiger partial charge in [0.05, 0.1) is 19.8 Å². The SMILES string of the molecule is COc1ccc(CCNc2nc(N3CCCC3CO)nc3c2ncn3-c2ccccc2)cc1. The number of nitrogens with zero attached hydrogens (tertiary/aromatic N) is 5. The van der Waals surface area contributed by atoms with Crippen molar-refractivity contribution < 1.29 is 9.84 Å². The van der Waals surface area contributed by atoms with Crippen LogP contribution in [-0.4, -0.2) is 57.5 Å². The maximum Gasteiger partial charge on any atom is 0.229 e. The molecule has 0 saturated carbocycles. The zero-order chi connectivity index (χ0) is 22.6. The van der Waals surface area contributed by atoms with Crippen molar-refractivity contribution in [1.29, 1.82) is 0 Å². The number of para-hydroxylation sites is 1. The predicted octanol–water partition coefficient (Wildman–Crippen LogP) is 3.44. The van der Waals surface area contributed by atoms with Crippen LogP contribution >= 0.6 is 0 Å². The van der Waals surface area contributed by atoms with E-state index in [2.05, 4.69) is 27.3 Å². The van der Waals surface area contributed by atoms with E-state index in [1.54, 1.807) is 13.4 Å². The second kappa shape index (κ2) is 9.46. The molecule has 1 unspecified atom stereocenters. The van der Waals surface area contributed by atoms with Crippen LogP contribution in [0.3, 0.4) is 0 Å². The van der Waals surface area contributed by atoms with E-state index in [9.17, 15) is 5.11 Å². The smallest absolute Gasteiger partial charge is 0.229 e. The minimum atomic E-state index is 0.0442. The molecule has 0 amide bonds. The summed E-state index contributed by atoms with van der Waals surface area (Å²) >= 11 is 0. The van der Waals surface area contributed by atoms with Gasteiger partial charge in [0.25, 0.3) is 0 Å². The van der Waals surface area contributed by atoms with Crippen LogP contribution in [0.4, 0.5) is 11.8 Å². The van der Waals surface area contributed by atoms with E-state index in [4.69, 9.17) is 14.7 Å². The number of anilines is 2. The van der Waals surface area contributed by atoms with Crippen molar-refractivity contribution in [3.8, 4) is 11.4 Å². The van der Waals surface area contributed by atoms with Gasteiger partial charge in [-0.15, -0.1) is 0 Å². The molecule has 1 fully saturated rings. The zero-order valence-corrected chi connectivity index (χ0v) is 18.7. The summed E-state index contributed by atoms with van der Waals surface area (Å²) in [5, 5.41) is 13.3. The van der Waals surface area contributed by atoms with Crippen molar-refractivity contribution in [1.82, 2.24) is 19.5 Å². The van der Waals surface area contributed by atoms with Crippen molar-refractivity contribution in [2.45, 2.75) is 25.3 Å². The molecule has 1 aliphatic rings. The van der Waals surface area contributed by atoms with Gasteiger partial charge in [0.15, 0.2) is 17.0 Å². The fraction of sp³-hybridized carbons (Fsp3) is 0.320. The summed E-state index contributed by atoms with van der Waals surface area (Å²) in [6, 6.07) is 18.2. The molecule has 8 nitrogen and oxygen atoms in total.